The molecule has 0 radical (unpaired) electrons. The van der Waals surface area contributed by atoms with Crippen molar-refractivity contribution in [2.45, 2.75) is 13.1 Å². The summed E-state index contributed by atoms with van der Waals surface area (Å²) in [5, 5.41) is 0.871. The molecule has 5 aromatic rings. The number of para-hydroxylation sites is 2. The second kappa shape index (κ2) is 7.72. The Bertz CT molecular complexity index is 1470. The van der Waals surface area contributed by atoms with Crippen molar-refractivity contribution >= 4 is 21.9 Å². The van der Waals surface area contributed by atoms with Crippen molar-refractivity contribution in [3.05, 3.63) is 106 Å². The second-order valence-electron chi connectivity index (χ2n) is 7.38. The average molecular weight is 413 g/mol. The van der Waals surface area contributed by atoms with Crippen LogP contribution in [-0.4, -0.2) is 21.2 Å². The number of nitrogens with zero attached hydrogens (tertiary/aromatic N) is 3. The van der Waals surface area contributed by atoms with Crippen LogP contribution in [0.15, 0.2) is 83.9 Å². The molecule has 2 aromatic heterocycles. The van der Waals surface area contributed by atoms with Gasteiger partial charge in [0.05, 0.1) is 32.0 Å². The molecule has 0 amide bonds. The quantitative estimate of drug-likeness (QED) is 0.423. The minimum atomic E-state index is -0.299. The molecule has 0 saturated carbocycles. The van der Waals surface area contributed by atoms with Crippen molar-refractivity contribution in [1.82, 2.24) is 14.1 Å². The van der Waals surface area contributed by atoms with E-state index < -0.39 is 0 Å². The van der Waals surface area contributed by atoms with Crippen LogP contribution in [0.2, 0.25) is 0 Å². The highest BCUT2D eigenvalue weighted by Gasteiger charge is 2.18. The number of rotatable bonds is 5. The Morgan fingerprint density at radius 2 is 1.61 bits per heavy atom. The topological polar surface area (TPSA) is 49.0 Å². The van der Waals surface area contributed by atoms with E-state index in [1.807, 2.05) is 53.1 Å². The molecule has 5 nitrogen and oxygen atoms in total. The third-order valence-corrected chi connectivity index (χ3v) is 5.55. The van der Waals surface area contributed by atoms with Crippen molar-refractivity contribution in [2.24, 2.45) is 0 Å². The Hall–Kier alpha value is -3.93. The highest BCUT2D eigenvalue weighted by molar-refractivity contribution is 6.05. The Labute approximate surface area is 178 Å². The SMILES string of the molecule is COc1ccccc1Cn1cnc2c3ccccc3n(Cc3ccccc3F)c2c1=O. The van der Waals surface area contributed by atoms with E-state index >= 15 is 0 Å². The van der Waals surface area contributed by atoms with E-state index in [1.165, 1.54) is 6.07 Å². The lowest BCUT2D eigenvalue weighted by Gasteiger charge is -2.11. The molecule has 0 N–H and O–H groups in total. The molecule has 0 aliphatic carbocycles. The van der Waals surface area contributed by atoms with Gasteiger partial charge in [-0.3, -0.25) is 9.36 Å². The lowest BCUT2D eigenvalue weighted by molar-refractivity contribution is 0.408. The molecule has 6 heteroatoms. The van der Waals surface area contributed by atoms with Gasteiger partial charge in [0.2, 0.25) is 0 Å². The molecule has 5 rings (SSSR count). The van der Waals surface area contributed by atoms with E-state index in [-0.39, 0.29) is 17.9 Å². The van der Waals surface area contributed by atoms with Crippen LogP contribution in [-0.2, 0) is 13.1 Å². The van der Waals surface area contributed by atoms with Gasteiger partial charge in [-0.2, -0.15) is 0 Å². The van der Waals surface area contributed by atoms with Crippen molar-refractivity contribution in [3.8, 4) is 5.75 Å². The van der Waals surface area contributed by atoms with Crippen molar-refractivity contribution in [2.75, 3.05) is 7.11 Å². The van der Waals surface area contributed by atoms with Gasteiger partial charge in [-0.15, -0.1) is 0 Å². The number of ether oxygens (including phenoxy) is 1. The lowest BCUT2D eigenvalue weighted by atomic mass is 10.2. The van der Waals surface area contributed by atoms with Crippen molar-refractivity contribution in [1.29, 1.82) is 0 Å². The monoisotopic (exact) mass is 413 g/mol. The summed E-state index contributed by atoms with van der Waals surface area (Å²) in [4.78, 5) is 18.2. The first-order valence-corrected chi connectivity index (χ1v) is 9.99. The Morgan fingerprint density at radius 1 is 0.903 bits per heavy atom. The maximum Gasteiger partial charge on any atom is 0.278 e. The predicted molar refractivity (Wildman–Crippen MR) is 119 cm³/mol. The van der Waals surface area contributed by atoms with E-state index in [1.54, 1.807) is 36.2 Å². The van der Waals surface area contributed by atoms with Gasteiger partial charge in [0.15, 0.2) is 0 Å². The van der Waals surface area contributed by atoms with Crippen LogP contribution in [0.1, 0.15) is 11.1 Å². The molecule has 31 heavy (non-hydrogen) atoms. The maximum atomic E-state index is 14.4. The zero-order chi connectivity index (χ0) is 21.4. The molecule has 0 saturated heterocycles. The fourth-order valence-corrected chi connectivity index (χ4v) is 4.04. The van der Waals surface area contributed by atoms with Gasteiger partial charge in [-0.05, 0) is 18.2 Å². The molecule has 0 spiro atoms. The molecular formula is C25H20FN3O2. The summed E-state index contributed by atoms with van der Waals surface area (Å²) in [6.45, 7) is 0.569. The number of fused-ring (bicyclic) bond motifs is 3. The summed E-state index contributed by atoms with van der Waals surface area (Å²) in [7, 11) is 1.61. The molecule has 2 heterocycles. The van der Waals surface area contributed by atoms with Crippen LogP contribution < -0.4 is 10.3 Å². The largest absolute Gasteiger partial charge is 0.496 e. The number of aromatic nitrogens is 3. The van der Waals surface area contributed by atoms with Crippen LogP contribution in [0, 0.1) is 5.82 Å². The summed E-state index contributed by atoms with van der Waals surface area (Å²) in [5.41, 5.74) is 3.15. The van der Waals surface area contributed by atoms with Crippen LogP contribution in [0.3, 0.4) is 0 Å². The highest BCUT2D eigenvalue weighted by Crippen LogP contribution is 2.27. The predicted octanol–water partition coefficient (Wildman–Crippen LogP) is 4.60. The van der Waals surface area contributed by atoms with Gasteiger partial charge in [0.1, 0.15) is 22.6 Å². The van der Waals surface area contributed by atoms with Crippen LogP contribution in [0.25, 0.3) is 21.9 Å². The standard InChI is InChI=1S/C25H20FN3O2/c1-31-22-13-7-3-9-18(22)14-28-16-27-23-19-10-4-6-12-21(19)29(24(23)25(28)30)15-17-8-2-5-11-20(17)26/h2-13,16H,14-15H2,1H3. The second-order valence-corrected chi connectivity index (χ2v) is 7.38. The average Bonchev–Trinajstić information content (AvgIpc) is 3.12. The fourth-order valence-electron chi connectivity index (χ4n) is 4.04. The Balaban J connectivity index is 1.72. The van der Waals surface area contributed by atoms with Crippen LogP contribution in [0.5, 0.6) is 5.75 Å². The number of hydrogen-bond donors (Lipinski definition) is 0. The normalized spacial score (nSPS) is 11.3. The molecule has 0 unspecified atom stereocenters. The van der Waals surface area contributed by atoms with E-state index in [0.29, 0.717) is 28.9 Å². The first-order valence-electron chi connectivity index (χ1n) is 9.99. The zero-order valence-corrected chi connectivity index (χ0v) is 17.0. The van der Waals surface area contributed by atoms with Gasteiger partial charge in [-0.25, -0.2) is 9.37 Å². The minimum Gasteiger partial charge on any atom is -0.496 e. The summed E-state index contributed by atoms with van der Waals surface area (Å²) in [6, 6.07) is 21.9. The first kappa shape index (κ1) is 19.1. The molecule has 0 fully saturated rings. The van der Waals surface area contributed by atoms with Crippen LogP contribution >= 0.6 is 0 Å². The molecule has 0 atom stereocenters. The van der Waals surface area contributed by atoms with Crippen molar-refractivity contribution in [3.63, 3.8) is 0 Å². The summed E-state index contributed by atoms with van der Waals surface area (Å²) >= 11 is 0. The Kier molecular flexibility index (Phi) is 4.75. The van der Waals surface area contributed by atoms with E-state index in [2.05, 4.69) is 4.98 Å². The first-order chi connectivity index (χ1) is 15.2. The van der Waals surface area contributed by atoms with Gasteiger partial charge in [0, 0.05) is 16.5 Å². The van der Waals surface area contributed by atoms with Gasteiger partial charge < -0.3 is 9.30 Å². The van der Waals surface area contributed by atoms with E-state index in [0.717, 1.165) is 16.5 Å². The molecule has 0 aliphatic heterocycles. The maximum absolute atomic E-state index is 14.4. The van der Waals surface area contributed by atoms with E-state index in [9.17, 15) is 9.18 Å². The van der Waals surface area contributed by atoms with Gasteiger partial charge >= 0.3 is 0 Å². The molecule has 0 bridgehead atoms. The van der Waals surface area contributed by atoms with E-state index in [4.69, 9.17) is 4.74 Å². The van der Waals surface area contributed by atoms with Gasteiger partial charge in [-0.1, -0.05) is 54.6 Å². The minimum absolute atomic E-state index is 0.177. The number of hydrogen-bond acceptors (Lipinski definition) is 3. The fraction of sp³-hybridized carbons (Fsp3) is 0.120. The smallest absolute Gasteiger partial charge is 0.278 e. The molecule has 154 valence electrons. The summed E-state index contributed by atoms with van der Waals surface area (Å²) < 4.78 is 23.3. The van der Waals surface area contributed by atoms with Crippen molar-refractivity contribution < 1.29 is 9.13 Å². The number of methoxy groups -OCH3 is 1. The summed E-state index contributed by atoms with van der Waals surface area (Å²) in [6.07, 6.45) is 1.57. The lowest BCUT2D eigenvalue weighted by Crippen LogP contribution is -2.23. The highest BCUT2D eigenvalue weighted by atomic mass is 19.1. The molecule has 3 aromatic carbocycles. The number of halogens is 1. The third kappa shape index (κ3) is 3.26. The van der Waals surface area contributed by atoms with Crippen LogP contribution in [0.4, 0.5) is 4.39 Å². The third-order valence-electron chi connectivity index (χ3n) is 5.55. The number of benzene rings is 3. The molecular weight excluding hydrogens is 393 g/mol. The van der Waals surface area contributed by atoms with Gasteiger partial charge in [0.25, 0.3) is 5.56 Å². The summed E-state index contributed by atoms with van der Waals surface area (Å²) in [5.74, 6) is 0.410. The Morgan fingerprint density at radius 3 is 2.42 bits per heavy atom. The molecule has 0 aliphatic rings. The zero-order valence-electron chi connectivity index (χ0n) is 17.0.